The van der Waals surface area contributed by atoms with Gasteiger partial charge in [0, 0.05) is 12.4 Å². The van der Waals surface area contributed by atoms with Gasteiger partial charge in [0.2, 0.25) is 0 Å². The average Bonchev–Trinajstić information content (AvgIpc) is 2.86. The summed E-state index contributed by atoms with van der Waals surface area (Å²) in [5.41, 5.74) is 9.32. The van der Waals surface area contributed by atoms with Crippen LogP contribution in [-0.4, -0.2) is 9.38 Å². The van der Waals surface area contributed by atoms with Crippen LogP contribution < -0.4 is 5.73 Å². The second-order valence-corrected chi connectivity index (χ2v) is 3.78. The number of hydrogen-bond acceptors (Lipinski definition) is 3. The molecule has 0 aliphatic heterocycles. The zero-order valence-electron chi connectivity index (χ0n) is 8.84. The Morgan fingerprint density at radius 1 is 1.38 bits per heavy atom. The van der Waals surface area contributed by atoms with Gasteiger partial charge in [0.25, 0.3) is 0 Å². The molecule has 80 valence electrons. The molecule has 0 bridgehead atoms. The van der Waals surface area contributed by atoms with Gasteiger partial charge >= 0.3 is 0 Å². The van der Waals surface area contributed by atoms with Gasteiger partial charge in [-0.1, -0.05) is 0 Å². The lowest BCUT2D eigenvalue weighted by molar-refractivity contribution is 0.580. The van der Waals surface area contributed by atoms with E-state index >= 15 is 0 Å². The van der Waals surface area contributed by atoms with Gasteiger partial charge in [0.15, 0.2) is 5.76 Å². The van der Waals surface area contributed by atoms with Gasteiger partial charge in [-0.3, -0.25) is 0 Å². The van der Waals surface area contributed by atoms with Crippen molar-refractivity contribution >= 4 is 11.3 Å². The van der Waals surface area contributed by atoms with Crippen LogP contribution >= 0.6 is 0 Å². The first kappa shape index (κ1) is 9.03. The Hall–Kier alpha value is -2.23. The normalized spacial score (nSPS) is 11.1. The lowest BCUT2D eigenvalue weighted by atomic mass is 10.2. The van der Waals surface area contributed by atoms with Crippen LogP contribution in [0.3, 0.4) is 0 Å². The van der Waals surface area contributed by atoms with Gasteiger partial charge in [-0.25, -0.2) is 4.98 Å². The fourth-order valence-electron chi connectivity index (χ4n) is 1.69. The molecule has 0 unspecified atom stereocenters. The third-order valence-corrected chi connectivity index (χ3v) is 2.61. The van der Waals surface area contributed by atoms with E-state index in [1.165, 1.54) is 0 Å². The number of aryl methyl sites for hydroxylation is 1. The molecule has 0 atom stereocenters. The van der Waals surface area contributed by atoms with E-state index in [-0.39, 0.29) is 0 Å². The van der Waals surface area contributed by atoms with E-state index in [0.29, 0.717) is 0 Å². The second kappa shape index (κ2) is 3.13. The van der Waals surface area contributed by atoms with Crippen molar-refractivity contribution in [3.8, 4) is 11.5 Å². The number of pyridine rings is 1. The van der Waals surface area contributed by atoms with E-state index in [9.17, 15) is 0 Å². The van der Waals surface area contributed by atoms with Crippen LogP contribution in [0.25, 0.3) is 17.1 Å². The summed E-state index contributed by atoms with van der Waals surface area (Å²) in [5.74, 6) is 0.764. The highest BCUT2D eigenvalue weighted by Crippen LogP contribution is 2.21. The van der Waals surface area contributed by atoms with Crippen molar-refractivity contribution < 1.29 is 4.42 Å². The quantitative estimate of drug-likeness (QED) is 0.675. The average molecular weight is 213 g/mol. The minimum atomic E-state index is 0.760. The third-order valence-electron chi connectivity index (χ3n) is 2.61. The molecule has 0 saturated heterocycles. The largest absolute Gasteiger partial charge is 0.463 e. The summed E-state index contributed by atoms with van der Waals surface area (Å²) in [6.45, 7) is 1.97. The fourth-order valence-corrected chi connectivity index (χ4v) is 1.69. The monoisotopic (exact) mass is 213 g/mol. The predicted octanol–water partition coefficient (Wildman–Crippen LogP) is 2.48. The van der Waals surface area contributed by atoms with Crippen LogP contribution in [0, 0.1) is 6.92 Å². The molecule has 2 N–H and O–H groups in total. The minimum absolute atomic E-state index is 0.760. The molecule has 0 saturated carbocycles. The van der Waals surface area contributed by atoms with Crippen LogP contribution in [0.5, 0.6) is 0 Å². The summed E-state index contributed by atoms with van der Waals surface area (Å²) in [6, 6.07) is 5.69. The van der Waals surface area contributed by atoms with Crippen molar-refractivity contribution in [3.05, 3.63) is 42.4 Å². The van der Waals surface area contributed by atoms with Crippen molar-refractivity contribution in [1.29, 1.82) is 0 Å². The Kier molecular flexibility index (Phi) is 1.77. The van der Waals surface area contributed by atoms with Gasteiger partial charge in [0.05, 0.1) is 12.0 Å². The number of furan rings is 1. The SMILES string of the molecule is Cc1cc2nc(-c3ccco3)cn2cc1N. The molecule has 4 nitrogen and oxygen atoms in total. The molecule has 0 aliphatic rings. The summed E-state index contributed by atoms with van der Waals surface area (Å²) in [4.78, 5) is 4.47. The summed E-state index contributed by atoms with van der Waals surface area (Å²) >= 11 is 0. The summed E-state index contributed by atoms with van der Waals surface area (Å²) < 4.78 is 7.21. The summed E-state index contributed by atoms with van der Waals surface area (Å²) in [5, 5.41) is 0. The molecule has 0 aliphatic carbocycles. The van der Waals surface area contributed by atoms with Gasteiger partial charge in [-0.05, 0) is 30.7 Å². The first-order chi connectivity index (χ1) is 7.74. The molecule has 4 heteroatoms. The molecular weight excluding hydrogens is 202 g/mol. The zero-order valence-corrected chi connectivity index (χ0v) is 8.84. The van der Waals surface area contributed by atoms with E-state index in [0.717, 1.165) is 28.4 Å². The summed E-state index contributed by atoms with van der Waals surface area (Å²) in [7, 11) is 0. The number of aromatic nitrogens is 2. The second-order valence-electron chi connectivity index (χ2n) is 3.78. The minimum Gasteiger partial charge on any atom is -0.463 e. The standard InChI is InChI=1S/C12H11N3O/c1-8-5-12-14-10(11-3-2-4-16-11)7-15(12)6-9(8)13/h2-7H,13H2,1H3. The van der Waals surface area contributed by atoms with E-state index < -0.39 is 0 Å². The van der Waals surface area contributed by atoms with Crippen molar-refractivity contribution in [2.75, 3.05) is 5.73 Å². The number of imidazole rings is 1. The lowest BCUT2D eigenvalue weighted by Crippen LogP contribution is -1.93. The van der Waals surface area contributed by atoms with E-state index in [1.807, 2.05) is 41.9 Å². The van der Waals surface area contributed by atoms with E-state index in [4.69, 9.17) is 10.2 Å². The Morgan fingerprint density at radius 3 is 3.00 bits per heavy atom. The van der Waals surface area contributed by atoms with Gasteiger partial charge in [0.1, 0.15) is 11.3 Å². The van der Waals surface area contributed by atoms with Crippen LogP contribution in [-0.2, 0) is 0 Å². The fraction of sp³-hybridized carbons (Fsp3) is 0.0833. The number of nitrogen functional groups attached to an aromatic ring is 1. The van der Waals surface area contributed by atoms with Crippen molar-refractivity contribution in [2.24, 2.45) is 0 Å². The molecular formula is C12H11N3O. The highest BCUT2D eigenvalue weighted by molar-refractivity contribution is 5.61. The first-order valence-electron chi connectivity index (χ1n) is 5.03. The molecule has 3 aromatic heterocycles. The van der Waals surface area contributed by atoms with Gasteiger partial charge in [-0.15, -0.1) is 0 Å². The highest BCUT2D eigenvalue weighted by Gasteiger charge is 2.07. The zero-order chi connectivity index (χ0) is 11.1. The predicted molar refractivity (Wildman–Crippen MR) is 62.0 cm³/mol. The smallest absolute Gasteiger partial charge is 0.153 e. The molecule has 3 heterocycles. The van der Waals surface area contributed by atoms with Crippen LogP contribution in [0.4, 0.5) is 5.69 Å². The maximum absolute atomic E-state index is 5.84. The van der Waals surface area contributed by atoms with E-state index in [1.54, 1.807) is 6.26 Å². The molecule has 3 rings (SSSR count). The topological polar surface area (TPSA) is 56.5 Å². The van der Waals surface area contributed by atoms with Crippen LogP contribution in [0.1, 0.15) is 5.56 Å². The number of anilines is 1. The number of nitrogens with zero attached hydrogens (tertiary/aromatic N) is 2. The molecule has 3 aromatic rings. The Balaban J connectivity index is 2.23. The molecule has 0 radical (unpaired) electrons. The van der Waals surface area contributed by atoms with Crippen LogP contribution in [0.15, 0.2) is 41.3 Å². The number of nitrogens with two attached hydrogens (primary N) is 1. The number of rotatable bonds is 1. The molecule has 16 heavy (non-hydrogen) atoms. The van der Waals surface area contributed by atoms with Crippen molar-refractivity contribution in [1.82, 2.24) is 9.38 Å². The van der Waals surface area contributed by atoms with Crippen molar-refractivity contribution in [3.63, 3.8) is 0 Å². The Labute approximate surface area is 92.3 Å². The molecule has 0 spiro atoms. The molecule has 0 fully saturated rings. The maximum Gasteiger partial charge on any atom is 0.153 e. The number of fused-ring (bicyclic) bond motifs is 1. The lowest BCUT2D eigenvalue weighted by Gasteiger charge is -1.99. The Bertz CT molecular complexity index is 599. The van der Waals surface area contributed by atoms with Gasteiger partial charge < -0.3 is 14.6 Å². The molecule has 0 amide bonds. The third kappa shape index (κ3) is 1.27. The van der Waals surface area contributed by atoms with E-state index in [2.05, 4.69) is 4.98 Å². The first-order valence-corrected chi connectivity index (χ1v) is 5.03. The van der Waals surface area contributed by atoms with Gasteiger partial charge in [-0.2, -0.15) is 0 Å². The van der Waals surface area contributed by atoms with Crippen molar-refractivity contribution in [2.45, 2.75) is 6.92 Å². The Morgan fingerprint density at radius 2 is 2.25 bits per heavy atom. The number of hydrogen-bond donors (Lipinski definition) is 1. The highest BCUT2D eigenvalue weighted by atomic mass is 16.3. The molecule has 0 aromatic carbocycles. The van der Waals surface area contributed by atoms with Crippen LogP contribution in [0.2, 0.25) is 0 Å². The summed E-state index contributed by atoms with van der Waals surface area (Å²) in [6.07, 6.45) is 5.41. The maximum atomic E-state index is 5.84.